The van der Waals surface area contributed by atoms with Crippen LogP contribution in [0.5, 0.6) is 0 Å². The first-order chi connectivity index (χ1) is 12.9. The molecule has 2 N–H and O–H groups in total. The third kappa shape index (κ3) is 4.82. The Labute approximate surface area is 159 Å². The lowest BCUT2D eigenvalue weighted by Crippen LogP contribution is -2.34. The summed E-state index contributed by atoms with van der Waals surface area (Å²) in [7, 11) is 0. The van der Waals surface area contributed by atoms with E-state index in [0.29, 0.717) is 5.56 Å². The van der Waals surface area contributed by atoms with E-state index in [1.165, 1.54) is 0 Å². The van der Waals surface area contributed by atoms with Gasteiger partial charge in [-0.05, 0) is 25.0 Å². The Morgan fingerprint density at radius 2 is 1.59 bits per heavy atom. The molecule has 5 heteroatoms. The maximum Gasteiger partial charge on any atom is 0.163 e. The van der Waals surface area contributed by atoms with Gasteiger partial charge in [0.15, 0.2) is 5.79 Å². The van der Waals surface area contributed by atoms with Crippen molar-refractivity contribution in [1.82, 2.24) is 0 Å². The molecule has 1 aliphatic heterocycles. The molecule has 27 heavy (non-hydrogen) atoms. The standard InChI is InChI=1S/C22H26O5/c1-22(2)26-14-19(27-22)17(23)13-18(24)20(15-9-5-3-6-10-15)21(25)16-11-7-4-8-12-16/h3-12,17,19-21,23,25H,13-14H2,1-2H3/t17-,19-,20-,21+/m1/s1. The van der Waals surface area contributed by atoms with E-state index in [1.807, 2.05) is 48.5 Å². The van der Waals surface area contributed by atoms with Gasteiger partial charge in [0.25, 0.3) is 0 Å². The molecule has 0 amide bonds. The third-order valence-electron chi connectivity index (χ3n) is 4.83. The number of benzene rings is 2. The van der Waals surface area contributed by atoms with Crippen molar-refractivity contribution in [2.24, 2.45) is 0 Å². The van der Waals surface area contributed by atoms with Crippen molar-refractivity contribution in [2.45, 2.75) is 50.3 Å². The van der Waals surface area contributed by atoms with Gasteiger partial charge < -0.3 is 19.7 Å². The number of Topliss-reactive ketones (excluding diaryl/α,β-unsaturated/α-hetero) is 1. The number of rotatable bonds is 7. The summed E-state index contributed by atoms with van der Waals surface area (Å²) in [5, 5.41) is 21.4. The van der Waals surface area contributed by atoms with Crippen LogP contribution >= 0.6 is 0 Å². The summed E-state index contributed by atoms with van der Waals surface area (Å²) in [4.78, 5) is 13.1. The van der Waals surface area contributed by atoms with Crippen molar-refractivity contribution in [3.05, 3.63) is 71.8 Å². The van der Waals surface area contributed by atoms with Crippen molar-refractivity contribution in [3.63, 3.8) is 0 Å². The first-order valence-corrected chi connectivity index (χ1v) is 9.18. The van der Waals surface area contributed by atoms with Crippen LogP contribution in [-0.2, 0) is 14.3 Å². The van der Waals surface area contributed by atoms with E-state index < -0.39 is 30.0 Å². The van der Waals surface area contributed by atoms with Gasteiger partial charge in [-0.1, -0.05) is 60.7 Å². The quantitative estimate of drug-likeness (QED) is 0.784. The second-order valence-corrected chi connectivity index (χ2v) is 7.35. The fraction of sp³-hybridized carbons (Fsp3) is 0.409. The Kier molecular flexibility index (Phi) is 6.07. The van der Waals surface area contributed by atoms with Gasteiger partial charge >= 0.3 is 0 Å². The molecule has 1 heterocycles. The van der Waals surface area contributed by atoms with E-state index in [1.54, 1.807) is 26.0 Å². The molecule has 1 aliphatic rings. The average Bonchev–Trinajstić information content (AvgIpc) is 3.03. The molecule has 0 saturated carbocycles. The maximum absolute atomic E-state index is 13.1. The number of ether oxygens (including phenoxy) is 2. The summed E-state index contributed by atoms with van der Waals surface area (Å²) >= 11 is 0. The van der Waals surface area contributed by atoms with Crippen LogP contribution in [-0.4, -0.2) is 40.6 Å². The molecule has 3 rings (SSSR count). The normalized spacial score (nSPS) is 22.1. The van der Waals surface area contributed by atoms with E-state index in [0.717, 1.165) is 5.56 Å². The van der Waals surface area contributed by atoms with Gasteiger partial charge in [-0.15, -0.1) is 0 Å². The fourth-order valence-electron chi connectivity index (χ4n) is 3.42. The molecule has 0 aliphatic carbocycles. The summed E-state index contributed by atoms with van der Waals surface area (Å²) in [6, 6.07) is 18.3. The zero-order valence-corrected chi connectivity index (χ0v) is 15.6. The van der Waals surface area contributed by atoms with E-state index in [2.05, 4.69) is 0 Å². The number of hydrogen-bond acceptors (Lipinski definition) is 5. The first-order valence-electron chi connectivity index (χ1n) is 9.18. The Balaban J connectivity index is 1.79. The highest BCUT2D eigenvalue weighted by atomic mass is 16.7. The molecular formula is C22H26O5. The lowest BCUT2D eigenvalue weighted by molar-refractivity contribution is -0.154. The minimum Gasteiger partial charge on any atom is -0.390 e. The highest BCUT2D eigenvalue weighted by molar-refractivity contribution is 5.87. The van der Waals surface area contributed by atoms with Gasteiger partial charge in [-0.3, -0.25) is 4.79 Å². The van der Waals surface area contributed by atoms with E-state index in [9.17, 15) is 15.0 Å². The van der Waals surface area contributed by atoms with Crippen LogP contribution in [0.3, 0.4) is 0 Å². The van der Waals surface area contributed by atoms with Gasteiger partial charge in [-0.2, -0.15) is 0 Å². The van der Waals surface area contributed by atoms with E-state index in [-0.39, 0.29) is 18.8 Å². The van der Waals surface area contributed by atoms with Crippen LogP contribution in [0.15, 0.2) is 60.7 Å². The fourth-order valence-corrected chi connectivity index (χ4v) is 3.42. The van der Waals surface area contributed by atoms with Crippen LogP contribution in [0.4, 0.5) is 0 Å². The van der Waals surface area contributed by atoms with Crippen molar-refractivity contribution in [2.75, 3.05) is 6.61 Å². The Morgan fingerprint density at radius 3 is 2.11 bits per heavy atom. The predicted octanol–water partition coefficient (Wildman–Crippen LogP) is 2.98. The number of carbonyl (C=O) groups excluding carboxylic acids is 1. The smallest absolute Gasteiger partial charge is 0.163 e. The van der Waals surface area contributed by atoms with Crippen molar-refractivity contribution < 1.29 is 24.5 Å². The van der Waals surface area contributed by atoms with Crippen LogP contribution in [0.2, 0.25) is 0 Å². The van der Waals surface area contributed by atoms with Crippen LogP contribution in [0.25, 0.3) is 0 Å². The molecule has 144 valence electrons. The minimum atomic E-state index is -0.995. The van der Waals surface area contributed by atoms with Crippen molar-refractivity contribution >= 4 is 5.78 Å². The molecule has 0 spiro atoms. The largest absolute Gasteiger partial charge is 0.390 e. The molecule has 0 radical (unpaired) electrons. The van der Waals surface area contributed by atoms with Crippen molar-refractivity contribution in [3.8, 4) is 0 Å². The molecule has 0 unspecified atom stereocenters. The Bertz CT molecular complexity index is 744. The molecule has 1 fully saturated rings. The summed E-state index contributed by atoms with van der Waals surface area (Å²) in [6.45, 7) is 3.78. The van der Waals surface area contributed by atoms with Crippen LogP contribution in [0, 0.1) is 0 Å². The number of hydrogen-bond donors (Lipinski definition) is 2. The molecule has 5 nitrogen and oxygen atoms in total. The molecule has 0 bridgehead atoms. The highest BCUT2D eigenvalue weighted by Gasteiger charge is 2.39. The molecule has 2 aromatic carbocycles. The van der Waals surface area contributed by atoms with Crippen molar-refractivity contribution in [1.29, 1.82) is 0 Å². The Morgan fingerprint density at radius 1 is 1.04 bits per heavy atom. The SMILES string of the molecule is CC1(C)OC[C@H]([C@H](O)CC(=O)[C@@H](c2ccccc2)[C@@H](O)c2ccccc2)O1. The second-order valence-electron chi connectivity index (χ2n) is 7.35. The average molecular weight is 370 g/mol. The van der Waals surface area contributed by atoms with Crippen LogP contribution < -0.4 is 0 Å². The number of ketones is 1. The summed E-state index contributed by atoms with van der Waals surface area (Å²) in [6.07, 6.45) is -2.67. The van der Waals surface area contributed by atoms with Gasteiger partial charge in [0, 0.05) is 6.42 Å². The number of carbonyl (C=O) groups is 1. The van der Waals surface area contributed by atoms with Gasteiger partial charge in [0.2, 0.25) is 0 Å². The first kappa shape index (κ1) is 19.7. The lowest BCUT2D eigenvalue weighted by Gasteiger charge is -2.25. The van der Waals surface area contributed by atoms with Gasteiger partial charge in [-0.25, -0.2) is 0 Å². The topological polar surface area (TPSA) is 76.0 Å². The summed E-state index contributed by atoms with van der Waals surface area (Å²) < 4.78 is 11.1. The van der Waals surface area contributed by atoms with Crippen LogP contribution in [0.1, 0.15) is 43.4 Å². The molecule has 2 aromatic rings. The summed E-state index contributed by atoms with van der Waals surface area (Å²) in [5.41, 5.74) is 1.38. The third-order valence-corrected chi connectivity index (χ3v) is 4.83. The molecule has 4 atom stereocenters. The highest BCUT2D eigenvalue weighted by Crippen LogP contribution is 2.34. The molecule has 0 aromatic heterocycles. The van der Waals surface area contributed by atoms with E-state index >= 15 is 0 Å². The maximum atomic E-state index is 13.1. The Hall–Kier alpha value is -2.05. The van der Waals surface area contributed by atoms with Gasteiger partial charge in [0.05, 0.1) is 24.7 Å². The van der Waals surface area contributed by atoms with Gasteiger partial charge in [0.1, 0.15) is 11.9 Å². The number of aliphatic hydroxyl groups is 2. The minimum absolute atomic E-state index is 0.117. The second kappa shape index (κ2) is 8.31. The molecular weight excluding hydrogens is 344 g/mol. The predicted molar refractivity (Wildman–Crippen MR) is 101 cm³/mol. The zero-order valence-electron chi connectivity index (χ0n) is 15.6. The summed E-state index contributed by atoms with van der Waals surface area (Å²) in [5.74, 6) is -1.77. The van der Waals surface area contributed by atoms with E-state index in [4.69, 9.17) is 9.47 Å². The number of aliphatic hydroxyl groups excluding tert-OH is 2. The zero-order chi connectivity index (χ0) is 19.4. The molecule has 1 saturated heterocycles. The monoisotopic (exact) mass is 370 g/mol. The lowest BCUT2D eigenvalue weighted by atomic mass is 9.83.